The van der Waals surface area contributed by atoms with Gasteiger partial charge in [-0.15, -0.1) is 0 Å². The SMILES string of the molecule is CCN1CCCC1CN=C(N)NCCNS(=O)(=O)c1cccc([N+](=O)[O-])c1. The molecule has 0 bridgehead atoms. The number of hydrogen-bond acceptors (Lipinski definition) is 6. The van der Waals surface area contributed by atoms with E-state index >= 15 is 0 Å². The molecule has 2 rings (SSSR count). The monoisotopic (exact) mass is 398 g/mol. The lowest BCUT2D eigenvalue weighted by atomic mass is 10.2. The number of likely N-dealkylation sites (N-methyl/N-ethyl adjacent to an activating group) is 1. The number of rotatable bonds is 9. The van der Waals surface area contributed by atoms with E-state index in [0.29, 0.717) is 12.6 Å². The second kappa shape index (κ2) is 9.62. The van der Waals surface area contributed by atoms with Crippen molar-refractivity contribution in [2.24, 2.45) is 10.7 Å². The summed E-state index contributed by atoms with van der Waals surface area (Å²) in [6.45, 7) is 5.15. The van der Waals surface area contributed by atoms with Crippen molar-refractivity contribution < 1.29 is 13.3 Å². The molecule has 1 atom stereocenters. The van der Waals surface area contributed by atoms with Crippen LogP contribution in [0.1, 0.15) is 19.8 Å². The fraction of sp³-hybridized carbons (Fsp3) is 0.562. The number of benzene rings is 1. The molecule has 1 unspecified atom stereocenters. The summed E-state index contributed by atoms with van der Waals surface area (Å²) in [5.74, 6) is 0.271. The van der Waals surface area contributed by atoms with Crippen molar-refractivity contribution in [1.82, 2.24) is 14.9 Å². The normalized spacial score (nSPS) is 18.6. The maximum atomic E-state index is 12.2. The topological polar surface area (TPSA) is 143 Å². The third kappa shape index (κ3) is 6.15. The number of nitro benzene ring substituents is 1. The molecule has 11 heteroatoms. The van der Waals surface area contributed by atoms with Crippen molar-refractivity contribution in [3.05, 3.63) is 34.4 Å². The first-order valence-electron chi connectivity index (χ1n) is 8.85. The molecule has 1 heterocycles. The van der Waals surface area contributed by atoms with Gasteiger partial charge in [0.1, 0.15) is 0 Å². The maximum Gasteiger partial charge on any atom is 0.270 e. The number of non-ortho nitro benzene ring substituents is 1. The summed E-state index contributed by atoms with van der Waals surface area (Å²) in [6.07, 6.45) is 2.27. The van der Waals surface area contributed by atoms with Crippen LogP contribution in [0.3, 0.4) is 0 Å². The van der Waals surface area contributed by atoms with E-state index in [0.717, 1.165) is 25.6 Å². The number of nitrogens with two attached hydrogens (primary N) is 1. The van der Waals surface area contributed by atoms with E-state index in [4.69, 9.17) is 5.73 Å². The molecule has 0 aliphatic carbocycles. The minimum absolute atomic E-state index is 0.0752. The Hall–Kier alpha value is -2.24. The summed E-state index contributed by atoms with van der Waals surface area (Å²) in [7, 11) is -3.83. The molecule has 0 spiro atoms. The number of likely N-dealkylation sites (tertiary alicyclic amines) is 1. The van der Waals surface area contributed by atoms with Crippen molar-refractivity contribution in [3.8, 4) is 0 Å². The lowest BCUT2D eigenvalue weighted by Crippen LogP contribution is -2.39. The van der Waals surface area contributed by atoms with Gasteiger partial charge in [-0.05, 0) is 32.0 Å². The molecule has 0 aromatic heterocycles. The van der Waals surface area contributed by atoms with Crippen LogP contribution in [0.2, 0.25) is 0 Å². The third-order valence-electron chi connectivity index (χ3n) is 4.44. The highest BCUT2D eigenvalue weighted by Crippen LogP contribution is 2.17. The summed E-state index contributed by atoms with van der Waals surface area (Å²) in [5, 5.41) is 13.6. The average molecular weight is 398 g/mol. The molecular formula is C16H26N6O4S. The van der Waals surface area contributed by atoms with Crippen LogP contribution >= 0.6 is 0 Å². The Bertz CT molecular complexity index is 783. The number of nitrogens with one attached hydrogen (secondary N) is 2. The van der Waals surface area contributed by atoms with Gasteiger partial charge >= 0.3 is 0 Å². The highest BCUT2D eigenvalue weighted by atomic mass is 32.2. The Labute approximate surface area is 159 Å². The molecule has 150 valence electrons. The van der Waals surface area contributed by atoms with E-state index in [9.17, 15) is 18.5 Å². The fourth-order valence-corrected chi connectivity index (χ4v) is 4.07. The van der Waals surface area contributed by atoms with Gasteiger partial charge in [0.05, 0.1) is 16.4 Å². The van der Waals surface area contributed by atoms with Crippen molar-refractivity contribution in [1.29, 1.82) is 0 Å². The van der Waals surface area contributed by atoms with E-state index in [1.807, 2.05) is 0 Å². The zero-order valence-electron chi connectivity index (χ0n) is 15.3. The molecule has 0 amide bonds. The van der Waals surface area contributed by atoms with Gasteiger partial charge in [0, 0.05) is 31.3 Å². The van der Waals surface area contributed by atoms with Gasteiger partial charge in [-0.2, -0.15) is 0 Å². The summed E-state index contributed by atoms with van der Waals surface area (Å²) < 4.78 is 26.8. The summed E-state index contributed by atoms with van der Waals surface area (Å²) in [6, 6.07) is 5.30. The number of hydrogen-bond donors (Lipinski definition) is 3. The lowest BCUT2D eigenvalue weighted by Gasteiger charge is -2.20. The van der Waals surface area contributed by atoms with Crippen LogP contribution in [0.15, 0.2) is 34.2 Å². The largest absolute Gasteiger partial charge is 0.370 e. The number of sulfonamides is 1. The summed E-state index contributed by atoms with van der Waals surface area (Å²) in [4.78, 5) is 16.7. The van der Waals surface area contributed by atoms with Gasteiger partial charge in [-0.1, -0.05) is 13.0 Å². The van der Waals surface area contributed by atoms with E-state index in [1.54, 1.807) is 0 Å². The number of guanidine groups is 1. The van der Waals surface area contributed by atoms with Gasteiger partial charge in [0.2, 0.25) is 10.0 Å². The Morgan fingerprint density at radius 2 is 2.22 bits per heavy atom. The molecule has 10 nitrogen and oxygen atoms in total. The Kier molecular flexibility index (Phi) is 7.51. The third-order valence-corrected chi connectivity index (χ3v) is 5.90. The standard InChI is InChI=1S/C16H26N6O4S/c1-2-21-10-4-6-14(21)12-19-16(17)18-8-9-20-27(25,26)15-7-3-5-13(11-15)22(23)24/h3,5,7,11,14,20H,2,4,6,8-10,12H2,1H3,(H3,17,18,19). The second-order valence-corrected chi connectivity index (χ2v) is 8.00. The molecule has 27 heavy (non-hydrogen) atoms. The van der Waals surface area contributed by atoms with Crippen LogP contribution in [0.5, 0.6) is 0 Å². The zero-order chi connectivity index (χ0) is 19.9. The second-order valence-electron chi connectivity index (χ2n) is 6.23. The minimum atomic E-state index is -3.83. The molecular weight excluding hydrogens is 372 g/mol. The molecule has 1 saturated heterocycles. The summed E-state index contributed by atoms with van der Waals surface area (Å²) in [5.41, 5.74) is 5.54. The van der Waals surface area contributed by atoms with Crippen molar-refractivity contribution in [3.63, 3.8) is 0 Å². The summed E-state index contributed by atoms with van der Waals surface area (Å²) >= 11 is 0. The van der Waals surface area contributed by atoms with E-state index in [-0.39, 0.29) is 29.6 Å². The highest BCUT2D eigenvalue weighted by molar-refractivity contribution is 7.89. The van der Waals surface area contributed by atoms with Crippen LogP contribution in [0, 0.1) is 10.1 Å². The van der Waals surface area contributed by atoms with Gasteiger partial charge in [0.25, 0.3) is 5.69 Å². The zero-order valence-corrected chi connectivity index (χ0v) is 16.1. The molecule has 0 saturated carbocycles. The van der Waals surface area contributed by atoms with Gasteiger partial charge in [-0.3, -0.25) is 20.0 Å². The van der Waals surface area contributed by atoms with E-state index in [1.165, 1.54) is 24.6 Å². The predicted octanol–water partition coefficient (Wildman–Crippen LogP) is 0.262. The van der Waals surface area contributed by atoms with Crippen LogP contribution in [-0.2, 0) is 10.0 Å². The van der Waals surface area contributed by atoms with Crippen LogP contribution in [0.25, 0.3) is 0 Å². The first-order chi connectivity index (χ1) is 12.8. The van der Waals surface area contributed by atoms with Gasteiger partial charge in [-0.25, -0.2) is 13.1 Å². The van der Waals surface area contributed by atoms with Crippen LogP contribution in [0.4, 0.5) is 5.69 Å². The van der Waals surface area contributed by atoms with Gasteiger partial charge in [0.15, 0.2) is 5.96 Å². The molecule has 1 aliphatic rings. The Morgan fingerprint density at radius 1 is 1.44 bits per heavy atom. The number of nitrogens with zero attached hydrogens (tertiary/aromatic N) is 3. The average Bonchev–Trinajstić information content (AvgIpc) is 3.11. The van der Waals surface area contributed by atoms with Gasteiger partial charge < -0.3 is 11.1 Å². The number of nitro groups is 1. The first kappa shape index (κ1) is 21.1. The first-order valence-corrected chi connectivity index (χ1v) is 10.3. The molecule has 0 radical (unpaired) electrons. The Morgan fingerprint density at radius 3 is 2.93 bits per heavy atom. The van der Waals surface area contributed by atoms with Crippen LogP contribution in [-0.4, -0.2) is 63.0 Å². The minimum Gasteiger partial charge on any atom is -0.370 e. The highest BCUT2D eigenvalue weighted by Gasteiger charge is 2.22. The smallest absolute Gasteiger partial charge is 0.270 e. The quantitative estimate of drug-likeness (QED) is 0.178. The molecule has 1 aliphatic heterocycles. The van der Waals surface area contributed by atoms with Crippen molar-refractivity contribution in [2.45, 2.75) is 30.7 Å². The van der Waals surface area contributed by atoms with Crippen molar-refractivity contribution >= 4 is 21.7 Å². The fourth-order valence-electron chi connectivity index (χ4n) is 3.00. The van der Waals surface area contributed by atoms with Crippen LogP contribution < -0.4 is 15.8 Å². The number of aliphatic imine (C=N–C) groups is 1. The van der Waals surface area contributed by atoms with Crippen molar-refractivity contribution in [2.75, 3.05) is 32.7 Å². The Balaban J connectivity index is 1.79. The maximum absolute atomic E-state index is 12.2. The van der Waals surface area contributed by atoms with E-state index in [2.05, 4.69) is 26.9 Å². The molecule has 1 aromatic carbocycles. The predicted molar refractivity (Wildman–Crippen MR) is 103 cm³/mol. The lowest BCUT2D eigenvalue weighted by molar-refractivity contribution is -0.385. The molecule has 1 fully saturated rings. The van der Waals surface area contributed by atoms with E-state index < -0.39 is 14.9 Å². The molecule has 1 aromatic rings. The molecule has 4 N–H and O–H groups in total.